The summed E-state index contributed by atoms with van der Waals surface area (Å²) in [5.74, 6) is -41.1. The van der Waals surface area contributed by atoms with E-state index in [2.05, 4.69) is 52.8 Å². The lowest BCUT2D eigenvalue weighted by atomic mass is 9.94. The first kappa shape index (κ1) is 53.7. The molecule has 0 unspecified atom stereocenters. The summed E-state index contributed by atoms with van der Waals surface area (Å²) < 4.78 is 303. The maximum Gasteiger partial charge on any atom is 0.199 e. The van der Waals surface area contributed by atoms with Crippen molar-refractivity contribution in [2.24, 2.45) is 0 Å². The average Bonchev–Trinajstić information content (AvgIpc) is 3.35. The largest absolute Gasteiger partial charge is 0.241 e. The van der Waals surface area contributed by atoms with Gasteiger partial charge in [0.1, 0.15) is 34.6 Å². The second-order valence-electron chi connectivity index (χ2n) is 14.8. The number of hydrogen-bond donors (Lipinski definition) is 0. The molecule has 1 aromatic heterocycles. The molecule has 2 nitrogen and oxygen atoms in total. The molecule has 0 saturated heterocycles. The van der Waals surface area contributed by atoms with Crippen LogP contribution in [0.1, 0.15) is 22.3 Å². The molecule has 27 heteroatoms. The highest BCUT2D eigenvalue weighted by atomic mass is 79.9. The van der Waals surface area contributed by atoms with Crippen LogP contribution in [0.2, 0.25) is 0 Å². The first-order chi connectivity index (χ1) is 33.4. The van der Waals surface area contributed by atoms with Crippen molar-refractivity contribution in [3.8, 4) is 6.07 Å². The maximum atomic E-state index is 14.5. The number of aromatic nitrogens is 1. The van der Waals surface area contributed by atoms with E-state index in [1.54, 1.807) is 0 Å². The summed E-state index contributed by atoms with van der Waals surface area (Å²) in [7, 11) is 0. The predicted octanol–water partition coefficient (Wildman–Crippen LogP) is 17.5. The number of hydrogen-bond acceptors (Lipinski definition) is 2. The minimum atomic E-state index is -2.31. The van der Waals surface area contributed by atoms with Crippen LogP contribution in [0.3, 0.4) is 0 Å². The molecule has 0 aliphatic carbocycles. The highest BCUT2D eigenvalue weighted by molar-refractivity contribution is 9.11. The minimum Gasteiger partial charge on any atom is -0.241 e. The second kappa shape index (κ2) is 18.7. The van der Waals surface area contributed by atoms with Gasteiger partial charge in [0.15, 0.2) is 111 Å². The first-order valence-corrected chi connectivity index (χ1v) is 21.0. The van der Waals surface area contributed by atoms with Gasteiger partial charge in [-0.2, -0.15) is 5.26 Å². The molecular weight excluding hydrogens is 1230 g/mol. The van der Waals surface area contributed by atoms with Gasteiger partial charge >= 0.3 is 0 Å². The standard InChI is InChI=1S/C16H3BrF7N.C15H3BrF8.C14H3BrF7N/c1-3-10(18)5-4(2-25)6-8(9(17)7(5)13(21)11(3)19)14(22)16(24)15(23)12(6)20;1-2-8(17)5-3(11(20)9(2)18)7(16)4-6(10(5)19)13(22)15(24)14(23)12(4)21;1-2-6(16)8(18)3-5(15)4-9(19)10(20)11(21)12(22)14(4)23-13(3)7(2)17/h1H3;1H3;1H3. The van der Waals surface area contributed by atoms with Crippen LogP contribution in [-0.4, -0.2) is 4.98 Å². The first-order valence-electron chi connectivity index (χ1n) is 18.6. The van der Waals surface area contributed by atoms with Crippen LogP contribution in [-0.2, 0) is 0 Å². The lowest BCUT2D eigenvalue weighted by Gasteiger charge is -2.15. The van der Waals surface area contributed by atoms with E-state index < -0.39 is 229 Å². The zero-order chi connectivity index (χ0) is 54.1. The van der Waals surface area contributed by atoms with E-state index in [0.29, 0.717) is 0 Å². The number of nitriles is 1. The third kappa shape index (κ3) is 7.46. The van der Waals surface area contributed by atoms with Gasteiger partial charge in [-0.25, -0.2) is 102 Å². The molecule has 0 bridgehead atoms. The number of benzene rings is 8. The monoisotopic (exact) mass is 1230 g/mol. The van der Waals surface area contributed by atoms with E-state index in [9.17, 15) is 102 Å². The van der Waals surface area contributed by atoms with Crippen molar-refractivity contribution in [2.45, 2.75) is 20.8 Å². The van der Waals surface area contributed by atoms with Crippen molar-refractivity contribution in [2.75, 3.05) is 0 Å². The lowest BCUT2D eigenvalue weighted by molar-refractivity contribution is 0.416. The van der Waals surface area contributed by atoms with Crippen molar-refractivity contribution in [1.29, 1.82) is 5.26 Å². The maximum absolute atomic E-state index is 14.5. The van der Waals surface area contributed by atoms with E-state index in [0.717, 1.165) is 20.8 Å². The quantitative estimate of drug-likeness (QED) is 0.0657. The average molecular weight is 1240 g/mol. The van der Waals surface area contributed by atoms with Gasteiger partial charge in [-0.1, -0.05) is 0 Å². The van der Waals surface area contributed by atoms with Gasteiger partial charge in [-0.3, -0.25) is 0 Å². The summed E-state index contributed by atoms with van der Waals surface area (Å²) in [4.78, 5) is 3.33. The molecule has 0 atom stereocenters. The Balaban J connectivity index is 0.000000159. The van der Waals surface area contributed by atoms with Crippen molar-refractivity contribution >= 4 is 113 Å². The van der Waals surface area contributed by atoms with Gasteiger partial charge in [0.2, 0.25) is 0 Å². The Morgan fingerprint density at radius 1 is 0.264 bits per heavy atom. The smallest absolute Gasteiger partial charge is 0.199 e. The zero-order valence-corrected chi connectivity index (χ0v) is 39.1. The lowest BCUT2D eigenvalue weighted by Crippen LogP contribution is -2.05. The Morgan fingerprint density at radius 3 is 0.903 bits per heavy atom. The number of fused-ring (bicyclic) bond motifs is 6. The molecule has 0 aliphatic heterocycles. The molecular formula is C45H9Br3F22N2. The molecule has 0 aliphatic rings. The molecule has 0 spiro atoms. The summed E-state index contributed by atoms with van der Waals surface area (Å²) >= 11 is 7.88. The molecule has 1 heterocycles. The number of nitrogens with zero attached hydrogens (tertiary/aromatic N) is 2. The molecule has 0 fully saturated rings. The van der Waals surface area contributed by atoms with Gasteiger partial charge in [-0.15, -0.1) is 0 Å². The van der Waals surface area contributed by atoms with Crippen LogP contribution in [0.5, 0.6) is 0 Å². The van der Waals surface area contributed by atoms with E-state index in [1.807, 2.05) is 0 Å². The van der Waals surface area contributed by atoms with Crippen LogP contribution in [0.25, 0.3) is 64.9 Å². The number of halogens is 25. The SMILES string of the molecule is Cc1c(F)c(F)c2c(Br)c3c(F)c(F)c(F)c(F)c3c(C#N)c2c1F.Cc1c(F)c(F)c2c(Br)c3c(F)c(F)c(F)c(F)c3c(F)c2c1F.Cc1c(F)c(F)c2c(Br)c3c(F)c(F)c(F)c(F)c3nc2c1F. The van der Waals surface area contributed by atoms with Crippen LogP contribution in [0.4, 0.5) is 96.6 Å². The Morgan fingerprint density at radius 2 is 0.500 bits per heavy atom. The van der Waals surface area contributed by atoms with Gasteiger partial charge in [0.05, 0.1) is 27.1 Å². The summed E-state index contributed by atoms with van der Waals surface area (Å²) in [6.07, 6.45) is 0. The van der Waals surface area contributed by atoms with E-state index in [-0.39, 0.29) is 0 Å². The highest BCUT2D eigenvalue weighted by Crippen LogP contribution is 2.46. The summed E-state index contributed by atoms with van der Waals surface area (Å²) in [6, 6.07) is 1.32. The second-order valence-corrected chi connectivity index (χ2v) is 17.1. The van der Waals surface area contributed by atoms with Gasteiger partial charge < -0.3 is 0 Å². The predicted molar refractivity (Wildman–Crippen MR) is 223 cm³/mol. The normalized spacial score (nSPS) is 11.6. The number of pyridine rings is 1. The van der Waals surface area contributed by atoms with Gasteiger partial charge in [0.25, 0.3) is 0 Å². The molecule has 8 aromatic carbocycles. The molecule has 9 rings (SSSR count). The Hall–Kier alpha value is -6.14. The van der Waals surface area contributed by atoms with E-state index in [1.165, 1.54) is 6.07 Å². The third-order valence-electron chi connectivity index (χ3n) is 11.0. The third-order valence-corrected chi connectivity index (χ3v) is 13.3. The fraction of sp³-hybridized carbons (Fsp3) is 0.0667. The summed E-state index contributed by atoms with van der Waals surface area (Å²) in [6.45, 7) is 2.58. The van der Waals surface area contributed by atoms with Crippen molar-refractivity contribution in [3.05, 3.63) is 164 Å². The fourth-order valence-electron chi connectivity index (χ4n) is 7.37. The number of rotatable bonds is 0. The molecule has 0 radical (unpaired) electrons. The molecule has 0 saturated carbocycles. The van der Waals surface area contributed by atoms with Crippen molar-refractivity contribution in [1.82, 2.24) is 4.98 Å². The zero-order valence-electron chi connectivity index (χ0n) is 34.3. The Kier molecular flexibility index (Phi) is 14.0. The van der Waals surface area contributed by atoms with E-state index in [4.69, 9.17) is 0 Å². The van der Waals surface area contributed by atoms with Gasteiger partial charge in [0, 0.05) is 62.4 Å². The fourth-order valence-corrected chi connectivity index (χ4v) is 9.58. The van der Waals surface area contributed by atoms with Crippen LogP contribution in [0, 0.1) is 160 Å². The Bertz CT molecular complexity index is 3720. The van der Waals surface area contributed by atoms with E-state index >= 15 is 0 Å². The molecule has 0 amide bonds. The molecule has 0 N–H and O–H groups in total. The van der Waals surface area contributed by atoms with Gasteiger partial charge in [-0.05, 0) is 68.6 Å². The Labute approximate surface area is 408 Å². The van der Waals surface area contributed by atoms with Crippen LogP contribution < -0.4 is 0 Å². The highest BCUT2D eigenvalue weighted by Gasteiger charge is 2.34. The van der Waals surface area contributed by atoms with Crippen molar-refractivity contribution in [3.63, 3.8) is 0 Å². The van der Waals surface area contributed by atoms with Crippen LogP contribution in [0.15, 0.2) is 13.4 Å². The topological polar surface area (TPSA) is 36.7 Å². The summed E-state index contributed by atoms with van der Waals surface area (Å²) in [5.41, 5.74) is -5.33. The summed E-state index contributed by atoms with van der Waals surface area (Å²) in [5, 5.41) is -1.44. The molecule has 374 valence electrons. The molecule has 72 heavy (non-hydrogen) atoms. The minimum absolute atomic E-state index is 0.678. The van der Waals surface area contributed by atoms with Crippen LogP contribution >= 0.6 is 47.8 Å². The van der Waals surface area contributed by atoms with Crippen molar-refractivity contribution < 1.29 is 96.6 Å². The molecule has 9 aromatic rings.